The van der Waals surface area contributed by atoms with Crippen LogP contribution in [-0.4, -0.2) is 54.2 Å². The van der Waals surface area contributed by atoms with Crippen LogP contribution in [0.3, 0.4) is 0 Å². The van der Waals surface area contributed by atoms with Crippen LogP contribution in [0.1, 0.15) is 90.5 Å². The van der Waals surface area contributed by atoms with Crippen molar-refractivity contribution in [3.8, 4) is 22.4 Å². The van der Waals surface area contributed by atoms with Gasteiger partial charge in [-0.15, -0.1) is 0 Å². The number of carbonyl (C=O) groups is 2. The van der Waals surface area contributed by atoms with Crippen LogP contribution in [0.5, 0.6) is 22.4 Å². The molecule has 2 aliphatic rings. The standard InChI is InChI=1S/C46H44Cl2F2N2O8S/c1-9-23-15-17-25(57-36-34(49)30(48)22-51-41(36)50)20-27(23)33-39(55)45(6,7)60-46(8,40(33)56)19-11-12-24-16-18-26(58-42-52-35-29(47)13-10-14-31(35)61-42)21-28(24)32-37(53)43(2,3)59-44(4,5)38(32)54/h10,13-18,20-22,53,55H,9,11-12,19H2,1-8H3. The molecule has 10 nitrogen and oxygen atoms in total. The van der Waals surface area contributed by atoms with Gasteiger partial charge in [-0.05, 0) is 133 Å². The Morgan fingerprint density at radius 3 is 2.03 bits per heavy atom. The second kappa shape index (κ2) is 16.1. The molecule has 0 radical (unpaired) electrons. The van der Waals surface area contributed by atoms with E-state index in [1.807, 2.05) is 19.1 Å². The van der Waals surface area contributed by atoms with E-state index >= 15 is 0 Å². The third kappa shape index (κ3) is 8.26. The summed E-state index contributed by atoms with van der Waals surface area (Å²) >= 11 is 13.5. The number of aryl methyl sites for hydroxylation is 2. The number of aliphatic hydroxyl groups excluding tert-OH is 2. The molecule has 0 aliphatic carbocycles. The van der Waals surface area contributed by atoms with E-state index in [9.17, 15) is 28.6 Å². The number of hydrogen-bond donors (Lipinski definition) is 2. The molecule has 320 valence electrons. The van der Waals surface area contributed by atoms with E-state index in [4.69, 9.17) is 42.1 Å². The minimum absolute atomic E-state index is 0.0168. The van der Waals surface area contributed by atoms with Crippen molar-refractivity contribution in [1.82, 2.24) is 9.97 Å². The Hall–Kier alpha value is -4.92. The van der Waals surface area contributed by atoms with Gasteiger partial charge in [-0.2, -0.15) is 4.39 Å². The maximum atomic E-state index is 14.8. The number of para-hydroxylation sites is 1. The highest BCUT2D eigenvalue weighted by Crippen LogP contribution is 2.46. The third-order valence-corrected chi connectivity index (χ3v) is 12.4. The predicted molar refractivity (Wildman–Crippen MR) is 231 cm³/mol. The summed E-state index contributed by atoms with van der Waals surface area (Å²) in [6.45, 7) is 13.5. The first-order chi connectivity index (χ1) is 28.6. The number of Topliss-reactive ketones (excluding diaryl/α,β-unsaturated/α-hetero) is 2. The Balaban J connectivity index is 1.22. The van der Waals surface area contributed by atoms with Crippen molar-refractivity contribution in [2.75, 3.05) is 0 Å². The molecule has 0 fully saturated rings. The number of pyridine rings is 1. The minimum Gasteiger partial charge on any atom is -0.508 e. The summed E-state index contributed by atoms with van der Waals surface area (Å²) in [5.74, 6) is -4.32. The lowest BCUT2D eigenvalue weighted by Gasteiger charge is -2.43. The quantitative estimate of drug-likeness (QED) is 0.123. The Labute approximate surface area is 365 Å². The fourth-order valence-electron chi connectivity index (χ4n) is 7.95. The fourth-order valence-corrected chi connectivity index (χ4v) is 9.22. The molecule has 0 spiro atoms. The number of thiazole rings is 1. The summed E-state index contributed by atoms with van der Waals surface area (Å²) in [4.78, 5) is 36.7. The van der Waals surface area contributed by atoms with Crippen molar-refractivity contribution in [3.05, 3.63) is 116 Å². The van der Waals surface area contributed by atoms with E-state index in [1.165, 1.54) is 23.5 Å². The van der Waals surface area contributed by atoms with Gasteiger partial charge < -0.3 is 29.2 Å². The molecule has 1 unspecified atom stereocenters. The molecule has 0 saturated heterocycles. The van der Waals surface area contributed by atoms with Crippen molar-refractivity contribution in [1.29, 1.82) is 0 Å². The molecule has 1 atom stereocenters. The smallest absolute Gasteiger partial charge is 0.279 e. The summed E-state index contributed by atoms with van der Waals surface area (Å²) in [6, 6.07) is 15.3. The summed E-state index contributed by atoms with van der Waals surface area (Å²) in [5, 5.41) is 23.6. The molecule has 0 saturated carbocycles. The molecule has 4 heterocycles. The average molecular weight is 894 g/mol. The zero-order chi connectivity index (χ0) is 44.4. The van der Waals surface area contributed by atoms with Crippen LogP contribution in [0.25, 0.3) is 21.4 Å². The largest absolute Gasteiger partial charge is 0.508 e. The van der Waals surface area contributed by atoms with Gasteiger partial charge in [-0.1, -0.05) is 59.7 Å². The van der Waals surface area contributed by atoms with Gasteiger partial charge >= 0.3 is 0 Å². The van der Waals surface area contributed by atoms with Gasteiger partial charge in [0.15, 0.2) is 17.4 Å². The SMILES string of the molecule is CCc1ccc(Oc2c(F)ncc(Cl)c2F)cc1C1=C(O)C(C)(C)OC(C)(CCCc2ccc(Oc3nc4c(Cl)cccc4s3)cc2C2=C(O)C(C)(C)OC(C)(C)C2=O)C1=O. The maximum Gasteiger partial charge on any atom is 0.279 e. The highest BCUT2D eigenvalue weighted by atomic mass is 35.5. The monoisotopic (exact) mass is 892 g/mol. The molecular weight excluding hydrogens is 849 g/mol. The maximum absolute atomic E-state index is 14.8. The van der Waals surface area contributed by atoms with E-state index < -0.39 is 56.5 Å². The molecular formula is C46H44Cl2F2N2O8S. The number of benzene rings is 3. The Bertz CT molecular complexity index is 2690. The summed E-state index contributed by atoms with van der Waals surface area (Å²) in [6.07, 6.45) is 2.11. The molecule has 0 bridgehead atoms. The number of hydrogen-bond acceptors (Lipinski definition) is 11. The van der Waals surface area contributed by atoms with Gasteiger partial charge in [0.25, 0.3) is 11.1 Å². The summed E-state index contributed by atoms with van der Waals surface area (Å²) < 4.78 is 54.5. The van der Waals surface area contributed by atoms with Gasteiger partial charge in [-0.3, -0.25) is 9.59 Å². The topological polar surface area (TPSA) is 137 Å². The van der Waals surface area contributed by atoms with Crippen LogP contribution >= 0.6 is 34.5 Å². The normalized spacial score (nSPS) is 19.8. The Morgan fingerprint density at radius 1 is 0.770 bits per heavy atom. The highest BCUT2D eigenvalue weighted by molar-refractivity contribution is 7.20. The van der Waals surface area contributed by atoms with Gasteiger partial charge in [0.05, 0.1) is 32.1 Å². The first kappa shape index (κ1) is 44.1. The number of ketones is 2. The number of carbonyl (C=O) groups excluding carboxylic acids is 2. The lowest BCUT2D eigenvalue weighted by molar-refractivity contribution is -0.164. The molecule has 2 aliphatic heterocycles. The van der Waals surface area contributed by atoms with Gasteiger partial charge in [0.2, 0.25) is 5.75 Å². The third-order valence-electron chi connectivity index (χ3n) is 10.9. The number of aliphatic hydroxyl groups is 2. The van der Waals surface area contributed by atoms with Gasteiger partial charge in [-0.25, -0.2) is 14.4 Å². The molecule has 2 aromatic heterocycles. The van der Waals surface area contributed by atoms with E-state index in [-0.39, 0.29) is 34.8 Å². The zero-order valence-electron chi connectivity index (χ0n) is 34.8. The lowest BCUT2D eigenvalue weighted by Crippen LogP contribution is -2.51. The number of aromatic nitrogens is 2. The summed E-state index contributed by atoms with van der Waals surface area (Å²) in [5.41, 5.74) is -2.55. The molecule has 15 heteroatoms. The number of halogens is 4. The van der Waals surface area contributed by atoms with Crippen molar-refractivity contribution in [3.63, 3.8) is 0 Å². The van der Waals surface area contributed by atoms with Crippen LogP contribution in [0, 0.1) is 11.8 Å². The van der Waals surface area contributed by atoms with Gasteiger partial charge in [0.1, 0.15) is 50.9 Å². The van der Waals surface area contributed by atoms with E-state index in [2.05, 4.69) is 9.97 Å². The van der Waals surface area contributed by atoms with Crippen molar-refractivity contribution in [2.45, 2.75) is 103 Å². The molecule has 3 aromatic carbocycles. The summed E-state index contributed by atoms with van der Waals surface area (Å²) in [7, 11) is 0. The van der Waals surface area contributed by atoms with Crippen molar-refractivity contribution in [2.24, 2.45) is 0 Å². The molecule has 2 N–H and O–H groups in total. The predicted octanol–water partition coefficient (Wildman–Crippen LogP) is 12.3. The van der Waals surface area contributed by atoms with E-state index in [0.29, 0.717) is 63.0 Å². The Morgan fingerprint density at radius 2 is 1.38 bits per heavy atom. The van der Waals surface area contributed by atoms with Crippen LogP contribution in [-0.2, 0) is 31.9 Å². The van der Waals surface area contributed by atoms with Crippen LogP contribution in [0.15, 0.2) is 72.3 Å². The molecule has 61 heavy (non-hydrogen) atoms. The fraction of sp³-hybridized carbons (Fsp3) is 0.348. The molecule has 7 rings (SSSR count). The molecule has 5 aromatic rings. The minimum atomic E-state index is -1.47. The van der Waals surface area contributed by atoms with Crippen LogP contribution in [0.4, 0.5) is 8.78 Å². The number of rotatable bonds is 11. The van der Waals surface area contributed by atoms with E-state index in [0.717, 1.165) is 10.9 Å². The number of nitrogens with zero attached hydrogens (tertiary/aromatic N) is 2. The Kier molecular flexibility index (Phi) is 11.6. The highest BCUT2D eigenvalue weighted by Gasteiger charge is 2.50. The number of fused-ring (bicyclic) bond motifs is 1. The first-order valence-electron chi connectivity index (χ1n) is 19.6. The van der Waals surface area contributed by atoms with Crippen LogP contribution in [0.2, 0.25) is 10.0 Å². The zero-order valence-corrected chi connectivity index (χ0v) is 37.1. The second-order valence-electron chi connectivity index (χ2n) is 16.7. The number of ether oxygens (including phenoxy) is 4. The first-order valence-corrected chi connectivity index (χ1v) is 21.2. The van der Waals surface area contributed by atoms with E-state index in [1.54, 1.807) is 78.8 Å². The average Bonchev–Trinajstić information content (AvgIpc) is 3.61. The van der Waals surface area contributed by atoms with Crippen molar-refractivity contribution >= 4 is 67.5 Å². The van der Waals surface area contributed by atoms with Crippen molar-refractivity contribution < 1.29 is 47.5 Å². The van der Waals surface area contributed by atoms with Crippen LogP contribution < -0.4 is 9.47 Å². The van der Waals surface area contributed by atoms with Gasteiger partial charge in [0, 0.05) is 0 Å². The lowest BCUT2D eigenvalue weighted by atomic mass is 9.78. The molecule has 0 amide bonds. The second-order valence-corrected chi connectivity index (χ2v) is 18.5.